The number of anilines is 1. The molecule has 152 valence electrons. The maximum atomic E-state index is 13.6. The highest BCUT2D eigenvalue weighted by Gasteiger charge is 2.24. The van der Waals surface area contributed by atoms with Crippen LogP contribution in [0.1, 0.15) is 20.3 Å². The summed E-state index contributed by atoms with van der Waals surface area (Å²) in [6.07, 6.45) is 0.153. The maximum Gasteiger partial charge on any atom is 0.244 e. The van der Waals surface area contributed by atoms with Crippen LogP contribution in [0, 0.1) is 5.82 Å². The number of carbonyl (C=O) groups is 1. The first-order valence-electron chi connectivity index (χ1n) is 8.76. The zero-order chi connectivity index (χ0) is 20.7. The molecule has 0 heterocycles. The first-order valence-corrected chi connectivity index (χ1v) is 11.6. The highest BCUT2D eigenvalue weighted by Crippen LogP contribution is 2.28. The molecule has 9 heteroatoms. The molecule has 0 fully saturated rings. The fourth-order valence-electron chi connectivity index (χ4n) is 2.52. The predicted molar refractivity (Wildman–Crippen MR) is 112 cm³/mol. The Bertz CT molecular complexity index is 935. The molecule has 1 amide bonds. The van der Waals surface area contributed by atoms with Crippen molar-refractivity contribution in [3.05, 3.63) is 53.3 Å². The molecule has 0 radical (unpaired) electrons. The highest BCUT2D eigenvalue weighted by molar-refractivity contribution is 7.99. The van der Waals surface area contributed by atoms with Crippen LogP contribution in [0.2, 0.25) is 5.02 Å². The summed E-state index contributed by atoms with van der Waals surface area (Å²) in [6, 6.07) is 10.7. The standard InChI is InChI=1S/C19H22ClFN2O3S2/c1-3-23(4-2)28(25,26)18-13-14(9-10-15(18)20)22-19(24)11-12-27-17-8-6-5-7-16(17)21/h5-10,13H,3-4,11-12H2,1-2H3,(H,22,24). The fraction of sp³-hybridized carbons (Fsp3) is 0.316. The van der Waals surface area contributed by atoms with Crippen molar-refractivity contribution in [1.29, 1.82) is 0 Å². The zero-order valence-corrected chi connectivity index (χ0v) is 18.0. The van der Waals surface area contributed by atoms with Crippen LogP contribution in [0.5, 0.6) is 0 Å². The van der Waals surface area contributed by atoms with Crippen molar-refractivity contribution in [2.45, 2.75) is 30.1 Å². The zero-order valence-electron chi connectivity index (χ0n) is 15.6. The second-order valence-electron chi connectivity index (χ2n) is 5.81. The molecule has 2 aromatic carbocycles. The summed E-state index contributed by atoms with van der Waals surface area (Å²) in [5, 5.41) is 2.77. The van der Waals surface area contributed by atoms with Gasteiger partial charge in [0.1, 0.15) is 10.7 Å². The van der Waals surface area contributed by atoms with E-state index in [1.165, 1.54) is 34.3 Å². The van der Waals surface area contributed by atoms with Crippen LogP contribution in [0.4, 0.5) is 10.1 Å². The highest BCUT2D eigenvalue weighted by atomic mass is 35.5. The molecule has 2 rings (SSSR count). The van der Waals surface area contributed by atoms with Crippen LogP contribution in [-0.4, -0.2) is 37.5 Å². The second-order valence-corrected chi connectivity index (χ2v) is 9.26. The number of nitrogens with zero attached hydrogens (tertiary/aromatic N) is 1. The molecule has 0 saturated carbocycles. The van der Waals surface area contributed by atoms with Crippen LogP contribution in [0.15, 0.2) is 52.3 Å². The molecule has 0 spiro atoms. The average Bonchev–Trinajstić information content (AvgIpc) is 2.65. The van der Waals surface area contributed by atoms with Crippen molar-refractivity contribution in [3.63, 3.8) is 0 Å². The number of carbonyl (C=O) groups excluding carboxylic acids is 1. The lowest BCUT2D eigenvalue weighted by atomic mass is 10.3. The van der Waals surface area contributed by atoms with Crippen LogP contribution in [0.3, 0.4) is 0 Å². The molecular formula is C19H22ClFN2O3S2. The Morgan fingerprint density at radius 3 is 2.50 bits per heavy atom. The minimum atomic E-state index is -3.74. The van der Waals surface area contributed by atoms with E-state index in [1.807, 2.05) is 0 Å². The maximum absolute atomic E-state index is 13.6. The Morgan fingerprint density at radius 2 is 1.86 bits per heavy atom. The van der Waals surface area contributed by atoms with E-state index in [-0.39, 0.29) is 28.1 Å². The van der Waals surface area contributed by atoms with E-state index in [4.69, 9.17) is 11.6 Å². The van der Waals surface area contributed by atoms with Crippen molar-refractivity contribution >= 4 is 45.0 Å². The minimum Gasteiger partial charge on any atom is -0.326 e. The van der Waals surface area contributed by atoms with Gasteiger partial charge in [0.15, 0.2) is 0 Å². The quantitative estimate of drug-likeness (QED) is 0.572. The topological polar surface area (TPSA) is 66.5 Å². The smallest absolute Gasteiger partial charge is 0.244 e. The van der Waals surface area contributed by atoms with E-state index in [1.54, 1.807) is 38.1 Å². The van der Waals surface area contributed by atoms with Crippen LogP contribution in [-0.2, 0) is 14.8 Å². The predicted octanol–water partition coefficient (Wildman–Crippen LogP) is 4.63. The van der Waals surface area contributed by atoms with E-state index in [0.717, 1.165) is 0 Å². The molecule has 0 bridgehead atoms. The summed E-state index contributed by atoms with van der Waals surface area (Å²) in [6.45, 7) is 4.12. The molecule has 2 aromatic rings. The largest absolute Gasteiger partial charge is 0.326 e. The first-order chi connectivity index (χ1) is 13.3. The van der Waals surface area contributed by atoms with E-state index in [0.29, 0.717) is 29.4 Å². The second kappa shape index (κ2) is 10.2. The summed E-state index contributed by atoms with van der Waals surface area (Å²) in [5.74, 6) is -0.223. The number of thioether (sulfide) groups is 1. The van der Waals surface area contributed by atoms with Crippen LogP contribution >= 0.6 is 23.4 Å². The Hall–Kier alpha value is -1.61. The number of sulfonamides is 1. The Morgan fingerprint density at radius 1 is 1.18 bits per heavy atom. The van der Waals surface area contributed by atoms with E-state index in [2.05, 4.69) is 5.32 Å². The van der Waals surface area contributed by atoms with Gasteiger partial charge in [-0.1, -0.05) is 37.6 Å². The summed E-state index contributed by atoms with van der Waals surface area (Å²) in [5.41, 5.74) is 0.344. The molecular weight excluding hydrogens is 423 g/mol. The average molecular weight is 445 g/mol. The third-order valence-corrected chi connectivity index (χ3v) is 7.54. The number of benzene rings is 2. The summed E-state index contributed by atoms with van der Waals surface area (Å²) in [4.78, 5) is 12.6. The van der Waals surface area contributed by atoms with Crippen molar-refractivity contribution in [1.82, 2.24) is 4.31 Å². The molecule has 1 N–H and O–H groups in total. The summed E-state index contributed by atoms with van der Waals surface area (Å²) < 4.78 is 40.3. The number of hydrogen-bond donors (Lipinski definition) is 1. The summed E-state index contributed by atoms with van der Waals surface area (Å²) in [7, 11) is -3.74. The Labute approximate surface area is 174 Å². The van der Waals surface area contributed by atoms with E-state index < -0.39 is 10.0 Å². The minimum absolute atomic E-state index is 0.0450. The van der Waals surface area contributed by atoms with Crippen LogP contribution < -0.4 is 5.32 Å². The van der Waals surface area contributed by atoms with Gasteiger partial charge in [0.2, 0.25) is 15.9 Å². The van der Waals surface area contributed by atoms with Gasteiger partial charge in [-0.2, -0.15) is 4.31 Å². The SMILES string of the molecule is CCN(CC)S(=O)(=O)c1cc(NC(=O)CCSc2ccccc2F)ccc1Cl. The van der Waals surface area contributed by atoms with E-state index >= 15 is 0 Å². The molecule has 0 atom stereocenters. The number of amides is 1. The first kappa shape index (κ1) is 22.7. The van der Waals surface area contributed by atoms with Gasteiger partial charge < -0.3 is 5.32 Å². The lowest BCUT2D eigenvalue weighted by Gasteiger charge is -2.19. The molecule has 0 aliphatic heterocycles. The molecule has 0 aromatic heterocycles. The fourth-order valence-corrected chi connectivity index (χ4v) is 5.37. The van der Waals surface area contributed by atoms with Gasteiger partial charge in [-0.05, 0) is 30.3 Å². The van der Waals surface area contributed by atoms with Gasteiger partial charge in [-0.15, -0.1) is 11.8 Å². The van der Waals surface area contributed by atoms with Crippen molar-refractivity contribution in [2.24, 2.45) is 0 Å². The van der Waals surface area contributed by atoms with Gasteiger partial charge in [0.05, 0.1) is 5.02 Å². The monoisotopic (exact) mass is 444 g/mol. The number of nitrogens with one attached hydrogen (secondary N) is 1. The number of hydrogen-bond acceptors (Lipinski definition) is 4. The van der Waals surface area contributed by atoms with Gasteiger partial charge in [-0.3, -0.25) is 4.79 Å². The van der Waals surface area contributed by atoms with Crippen molar-refractivity contribution in [2.75, 3.05) is 24.2 Å². The molecule has 0 aliphatic carbocycles. The van der Waals surface area contributed by atoms with Gasteiger partial charge in [0, 0.05) is 35.8 Å². The number of halogens is 2. The third kappa shape index (κ3) is 5.70. The molecule has 5 nitrogen and oxygen atoms in total. The van der Waals surface area contributed by atoms with Crippen molar-refractivity contribution < 1.29 is 17.6 Å². The lowest BCUT2D eigenvalue weighted by molar-refractivity contribution is -0.115. The van der Waals surface area contributed by atoms with Gasteiger partial charge in [0.25, 0.3) is 0 Å². The van der Waals surface area contributed by atoms with Gasteiger partial charge in [-0.25, -0.2) is 12.8 Å². The molecule has 0 saturated heterocycles. The van der Waals surface area contributed by atoms with Crippen LogP contribution in [0.25, 0.3) is 0 Å². The van der Waals surface area contributed by atoms with Gasteiger partial charge >= 0.3 is 0 Å². The lowest BCUT2D eigenvalue weighted by Crippen LogP contribution is -2.30. The van der Waals surface area contributed by atoms with Crippen molar-refractivity contribution in [3.8, 4) is 0 Å². The Balaban J connectivity index is 2.04. The molecule has 28 heavy (non-hydrogen) atoms. The number of rotatable bonds is 9. The third-order valence-electron chi connectivity index (χ3n) is 3.96. The normalized spacial score (nSPS) is 11.6. The van der Waals surface area contributed by atoms with E-state index in [9.17, 15) is 17.6 Å². The Kier molecular flexibility index (Phi) is 8.30. The molecule has 0 aliphatic rings. The molecule has 0 unspecified atom stereocenters. The summed E-state index contributed by atoms with van der Waals surface area (Å²) >= 11 is 7.33.